The van der Waals surface area contributed by atoms with Crippen molar-refractivity contribution in [2.24, 2.45) is 4.99 Å². The molecule has 6 aromatic rings. The van der Waals surface area contributed by atoms with Gasteiger partial charge in [-0.25, -0.2) is 14.2 Å². The van der Waals surface area contributed by atoms with Gasteiger partial charge in [0.15, 0.2) is 4.80 Å². The fourth-order valence-corrected chi connectivity index (χ4v) is 7.26. The van der Waals surface area contributed by atoms with Gasteiger partial charge in [-0.2, -0.15) is 0 Å². The first kappa shape index (κ1) is 31.6. The molecule has 1 aliphatic heterocycles. The fourth-order valence-electron chi connectivity index (χ4n) is 6.28. The quantitative estimate of drug-likeness (QED) is 0.107. The minimum Gasteiger partial charge on any atom is -0.463 e. The minimum atomic E-state index is -0.919. The highest BCUT2D eigenvalue weighted by atomic mass is 32.1. The molecule has 7 rings (SSSR count). The zero-order chi connectivity index (χ0) is 34.2. The molecule has 1 aliphatic rings. The number of rotatable bonds is 8. The van der Waals surface area contributed by atoms with Gasteiger partial charge in [-0.1, -0.05) is 84.1 Å². The van der Waals surface area contributed by atoms with E-state index in [1.54, 1.807) is 31.2 Å². The van der Waals surface area contributed by atoms with Crippen LogP contribution in [-0.4, -0.2) is 26.6 Å². The molecular weight excluding hydrogens is 644 g/mol. The maximum atomic E-state index is 14.4. The number of hydrogen-bond acceptors (Lipinski definition) is 7. The van der Waals surface area contributed by atoms with E-state index < -0.39 is 22.8 Å². The Labute approximate surface area is 283 Å². The summed E-state index contributed by atoms with van der Waals surface area (Å²) in [6, 6.07) is 28.4. The third kappa shape index (κ3) is 5.78. The average molecular weight is 673 g/mol. The Morgan fingerprint density at radius 3 is 2.39 bits per heavy atom. The van der Waals surface area contributed by atoms with Gasteiger partial charge in [0.05, 0.1) is 33.4 Å². The number of non-ortho nitro benzene ring substituents is 1. The first-order chi connectivity index (χ1) is 23.7. The molecule has 0 aliphatic carbocycles. The number of ether oxygens (including phenoxy) is 1. The van der Waals surface area contributed by atoms with Crippen LogP contribution in [0.1, 0.15) is 40.9 Å². The lowest BCUT2D eigenvalue weighted by atomic mass is 9.93. The molecule has 1 atom stereocenters. The molecule has 4 aromatic carbocycles. The van der Waals surface area contributed by atoms with Crippen LogP contribution in [0.25, 0.3) is 22.7 Å². The second-order valence-corrected chi connectivity index (χ2v) is 12.5. The average Bonchev–Trinajstić information content (AvgIpc) is 3.57. The van der Waals surface area contributed by atoms with Crippen LogP contribution in [0.15, 0.2) is 118 Å². The summed E-state index contributed by atoms with van der Waals surface area (Å²) in [5.74, 6) is -1.06. The lowest BCUT2D eigenvalue weighted by Crippen LogP contribution is -2.40. The van der Waals surface area contributed by atoms with Crippen LogP contribution in [0, 0.1) is 22.9 Å². The van der Waals surface area contributed by atoms with Crippen molar-refractivity contribution in [3.8, 4) is 0 Å². The number of fused-ring (bicyclic) bond motifs is 2. The number of hydrogen-bond donors (Lipinski definition) is 0. The molecule has 0 saturated heterocycles. The largest absolute Gasteiger partial charge is 0.463 e. The number of carbonyl (C=O) groups is 1. The lowest BCUT2D eigenvalue weighted by molar-refractivity contribution is -0.384. The molecular formula is C38H29FN4O5S. The predicted octanol–water partition coefficient (Wildman–Crippen LogP) is 6.29. The number of nitro benzene ring substituents is 1. The Morgan fingerprint density at radius 1 is 1.00 bits per heavy atom. The van der Waals surface area contributed by atoms with Gasteiger partial charge < -0.3 is 9.30 Å². The van der Waals surface area contributed by atoms with Crippen LogP contribution < -0.4 is 14.9 Å². The van der Waals surface area contributed by atoms with E-state index in [1.807, 2.05) is 67.6 Å². The topological polar surface area (TPSA) is 109 Å². The predicted molar refractivity (Wildman–Crippen MR) is 186 cm³/mol. The van der Waals surface area contributed by atoms with E-state index in [0.717, 1.165) is 27.7 Å². The van der Waals surface area contributed by atoms with E-state index in [2.05, 4.69) is 4.57 Å². The van der Waals surface area contributed by atoms with E-state index in [4.69, 9.17) is 9.73 Å². The SMILES string of the molecule is CCOC(=O)C1=C(c2ccccc2)N=c2s/c(=C\c3c(C)n(Cc4ccc([N+](=O)[O-])cc4)c4ccccc34)c(=O)n2[C@@H]1c1ccc(F)cc1. The molecule has 9 nitrogen and oxygen atoms in total. The molecule has 3 heterocycles. The van der Waals surface area contributed by atoms with Gasteiger partial charge in [-0.3, -0.25) is 19.5 Å². The summed E-state index contributed by atoms with van der Waals surface area (Å²) in [5.41, 5.74) is 5.04. The van der Waals surface area contributed by atoms with Gasteiger partial charge in [0, 0.05) is 46.4 Å². The highest BCUT2D eigenvalue weighted by molar-refractivity contribution is 7.07. The van der Waals surface area contributed by atoms with Gasteiger partial charge in [0.25, 0.3) is 11.2 Å². The van der Waals surface area contributed by atoms with E-state index in [9.17, 15) is 24.1 Å². The summed E-state index contributed by atoms with van der Waals surface area (Å²) in [4.78, 5) is 44.2. The van der Waals surface area contributed by atoms with Gasteiger partial charge >= 0.3 is 5.97 Å². The maximum absolute atomic E-state index is 14.4. The molecule has 0 radical (unpaired) electrons. The number of nitrogens with zero attached hydrogens (tertiary/aromatic N) is 4. The molecule has 0 amide bonds. The zero-order valence-electron chi connectivity index (χ0n) is 26.5. The van der Waals surface area contributed by atoms with Crippen molar-refractivity contribution >= 4 is 45.7 Å². The molecule has 0 fully saturated rings. The molecule has 0 N–H and O–H groups in total. The van der Waals surface area contributed by atoms with E-state index >= 15 is 0 Å². The van der Waals surface area contributed by atoms with Gasteiger partial charge in [-0.05, 0) is 49.2 Å². The third-order valence-electron chi connectivity index (χ3n) is 8.60. The Kier molecular flexibility index (Phi) is 8.35. The summed E-state index contributed by atoms with van der Waals surface area (Å²) in [7, 11) is 0. The van der Waals surface area contributed by atoms with Gasteiger partial charge in [0.1, 0.15) is 5.82 Å². The second kappa shape index (κ2) is 12.9. The van der Waals surface area contributed by atoms with Gasteiger partial charge in [0.2, 0.25) is 0 Å². The van der Waals surface area contributed by atoms with Crippen LogP contribution in [0.3, 0.4) is 0 Å². The van der Waals surface area contributed by atoms with Crippen LogP contribution in [0.5, 0.6) is 0 Å². The molecule has 49 heavy (non-hydrogen) atoms. The molecule has 0 bridgehead atoms. The molecule has 0 spiro atoms. The fraction of sp³-hybridized carbons (Fsp3) is 0.132. The second-order valence-electron chi connectivity index (χ2n) is 11.5. The highest BCUT2D eigenvalue weighted by Gasteiger charge is 2.35. The number of thiazole rings is 1. The number of esters is 1. The van der Waals surface area contributed by atoms with Gasteiger partial charge in [-0.15, -0.1) is 0 Å². The molecule has 244 valence electrons. The van der Waals surface area contributed by atoms with Crippen LogP contribution in [0.2, 0.25) is 0 Å². The number of halogens is 1. The summed E-state index contributed by atoms with van der Waals surface area (Å²) >= 11 is 1.21. The summed E-state index contributed by atoms with van der Waals surface area (Å²) < 4.78 is 23.7. The summed E-state index contributed by atoms with van der Waals surface area (Å²) in [6.45, 7) is 4.27. The smallest absolute Gasteiger partial charge is 0.338 e. The number of aromatic nitrogens is 2. The standard InChI is InChI=1S/C38H29FN4O5S/c1-3-48-37(45)33-34(25-9-5-4-6-10-25)40-38-42(35(33)26-15-17-27(39)18-16-26)36(44)32(49-38)21-30-23(2)41(31-12-8-7-11-29(30)31)22-24-13-19-28(20-14-24)43(46)47/h4-21,35H,3,22H2,1-2H3/b32-21-/t35-/m1/s1. The van der Waals surface area contributed by atoms with Crippen molar-refractivity contribution in [3.05, 3.63) is 172 Å². The van der Waals surface area contributed by atoms with Crippen molar-refractivity contribution in [1.29, 1.82) is 0 Å². The number of para-hydroxylation sites is 1. The Morgan fingerprint density at radius 2 is 1.69 bits per heavy atom. The van der Waals surface area contributed by atoms with E-state index in [1.165, 1.54) is 40.2 Å². The first-order valence-corrected chi connectivity index (χ1v) is 16.4. The van der Waals surface area contributed by atoms with Crippen molar-refractivity contribution in [3.63, 3.8) is 0 Å². The van der Waals surface area contributed by atoms with Crippen LogP contribution in [0.4, 0.5) is 10.1 Å². The minimum absolute atomic E-state index is 0.0226. The zero-order valence-corrected chi connectivity index (χ0v) is 27.3. The van der Waals surface area contributed by atoms with Crippen molar-refractivity contribution in [2.75, 3.05) is 6.61 Å². The number of nitro groups is 1. The number of benzene rings is 4. The molecule has 2 aromatic heterocycles. The maximum Gasteiger partial charge on any atom is 0.338 e. The van der Waals surface area contributed by atoms with E-state index in [0.29, 0.717) is 32.7 Å². The van der Waals surface area contributed by atoms with Crippen molar-refractivity contribution < 1.29 is 18.8 Å². The molecule has 11 heteroatoms. The molecule has 0 unspecified atom stereocenters. The Balaban J connectivity index is 1.44. The molecule has 0 saturated carbocycles. The Bertz CT molecular complexity index is 2460. The van der Waals surface area contributed by atoms with Crippen LogP contribution in [-0.2, 0) is 16.1 Å². The van der Waals surface area contributed by atoms with Crippen molar-refractivity contribution in [2.45, 2.75) is 26.4 Å². The summed E-state index contributed by atoms with van der Waals surface area (Å²) in [6.07, 6.45) is 1.85. The summed E-state index contributed by atoms with van der Waals surface area (Å²) in [5, 5.41) is 12.1. The monoisotopic (exact) mass is 672 g/mol. The third-order valence-corrected chi connectivity index (χ3v) is 9.59. The number of carbonyl (C=O) groups excluding carboxylic acids is 1. The Hall–Kier alpha value is -5.94. The van der Waals surface area contributed by atoms with Crippen LogP contribution >= 0.6 is 11.3 Å². The first-order valence-electron chi connectivity index (χ1n) is 15.6. The highest BCUT2D eigenvalue weighted by Crippen LogP contribution is 2.35. The van der Waals surface area contributed by atoms with E-state index in [-0.39, 0.29) is 23.4 Å². The lowest BCUT2D eigenvalue weighted by Gasteiger charge is -2.25. The van der Waals surface area contributed by atoms with Crippen molar-refractivity contribution in [1.82, 2.24) is 9.13 Å². The normalized spacial score (nSPS) is 14.5.